The molecule has 1 aliphatic carbocycles. The van der Waals surface area contributed by atoms with E-state index in [4.69, 9.17) is 4.74 Å². The maximum atomic E-state index is 13.9. The van der Waals surface area contributed by atoms with Crippen LogP contribution in [0.2, 0.25) is 0 Å². The van der Waals surface area contributed by atoms with E-state index >= 15 is 0 Å². The van der Waals surface area contributed by atoms with Gasteiger partial charge < -0.3 is 19.4 Å². The predicted molar refractivity (Wildman–Crippen MR) is 164 cm³/mol. The van der Waals surface area contributed by atoms with Crippen molar-refractivity contribution < 1.29 is 19.1 Å². The number of hydrogen-bond acceptors (Lipinski definition) is 5. The summed E-state index contributed by atoms with van der Waals surface area (Å²) in [4.78, 5) is 48.7. The Hall–Kier alpha value is -3.39. The largest absolute Gasteiger partial charge is 0.484 e. The van der Waals surface area contributed by atoms with Gasteiger partial charge in [-0.15, -0.1) is 0 Å². The van der Waals surface area contributed by atoms with Crippen LogP contribution in [0, 0.1) is 18.8 Å². The van der Waals surface area contributed by atoms with Crippen molar-refractivity contribution in [1.29, 1.82) is 0 Å². The number of carbonyl (C=O) groups excluding carboxylic acids is 3. The fourth-order valence-electron chi connectivity index (χ4n) is 6.62. The first kappa shape index (κ1) is 30.1. The molecule has 2 aromatic carbocycles. The monoisotopic (exact) mass is 574 g/mol. The number of carbonyl (C=O) groups is 3. The quantitative estimate of drug-likeness (QED) is 0.508. The van der Waals surface area contributed by atoms with Crippen LogP contribution < -0.4 is 9.64 Å². The number of fused-ring (bicyclic) bond motifs is 1. The second kappa shape index (κ2) is 13.7. The number of likely N-dealkylation sites (tertiary alicyclic amines) is 1. The van der Waals surface area contributed by atoms with Crippen LogP contribution in [0.1, 0.15) is 57.1 Å². The van der Waals surface area contributed by atoms with Gasteiger partial charge in [-0.3, -0.25) is 19.3 Å². The molecule has 8 heteroatoms. The van der Waals surface area contributed by atoms with Crippen LogP contribution in [0.3, 0.4) is 0 Å². The number of para-hydroxylation sites is 2. The molecule has 0 atom stereocenters. The highest BCUT2D eigenvalue weighted by Gasteiger charge is 2.40. The molecule has 0 aromatic heterocycles. The van der Waals surface area contributed by atoms with Crippen molar-refractivity contribution in [1.82, 2.24) is 14.7 Å². The molecule has 8 nitrogen and oxygen atoms in total. The second-order valence-electron chi connectivity index (χ2n) is 12.4. The first-order chi connectivity index (χ1) is 20.3. The lowest BCUT2D eigenvalue weighted by molar-refractivity contribution is -0.151. The molecular weight excluding hydrogens is 528 g/mol. The Bertz CT molecular complexity index is 1240. The summed E-state index contributed by atoms with van der Waals surface area (Å²) in [6.07, 6.45) is 5.03. The number of aryl methyl sites for hydroxylation is 1. The van der Waals surface area contributed by atoms with Gasteiger partial charge in [-0.25, -0.2) is 0 Å². The standard InChI is InChI=1S/C34H46N4O4/c1-25(2)35-17-10-18-38(31(39)24-42-30-15-5-4-6-16-30)32-26(3)11-9-14-28(32)21-36(20-19-35)34(41)29-22-37(23-29)33(40)27-12-7-8-13-27/h4-6,9,11,14-16,25,27,29H,7-8,10,12-13,17-24H2,1-3H3. The van der Waals surface area contributed by atoms with Crippen LogP contribution in [0.5, 0.6) is 5.75 Å². The molecule has 3 amide bonds. The van der Waals surface area contributed by atoms with E-state index < -0.39 is 0 Å². The number of anilines is 1. The van der Waals surface area contributed by atoms with Gasteiger partial charge in [0.05, 0.1) is 11.6 Å². The summed E-state index contributed by atoms with van der Waals surface area (Å²) < 4.78 is 5.87. The fraction of sp³-hybridized carbons (Fsp3) is 0.559. The lowest BCUT2D eigenvalue weighted by Gasteiger charge is -2.42. The lowest BCUT2D eigenvalue weighted by Crippen LogP contribution is -2.58. The van der Waals surface area contributed by atoms with Gasteiger partial charge in [0.15, 0.2) is 6.61 Å². The van der Waals surface area contributed by atoms with Gasteiger partial charge in [-0.05, 0) is 63.3 Å². The molecule has 2 heterocycles. The fourth-order valence-corrected chi connectivity index (χ4v) is 6.62. The van der Waals surface area contributed by atoms with E-state index in [0.29, 0.717) is 44.5 Å². The molecule has 0 spiro atoms. The highest BCUT2D eigenvalue weighted by Crippen LogP contribution is 2.32. The predicted octanol–water partition coefficient (Wildman–Crippen LogP) is 4.50. The van der Waals surface area contributed by atoms with Crippen molar-refractivity contribution in [3.63, 3.8) is 0 Å². The summed E-state index contributed by atoms with van der Waals surface area (Å²) >= 11 is 0. The SMILES string of the molecule is Cc1cccc2c1N(C(=O)COc1ccccc1)CCCN(C(C)C)CCN(C(=O)C1CN(C(=O)C3CCCC3)C1)C2. The van der Waals surface area contributed by atoms with E-state index in [1.807, 2.05) is 70.2 Å². The number of hydrogen-bond donors (Lipinski definition) is 0. The minimum atomic E-state index is -0.168. The summed E-state index contributed by atoms with van der Waals surface area (Å²) in [7, 11) is 0. The molecule has 2 fully saturated rings. The summed E-state index contributed by atoms with van der Waals surface area (Å²) in [6.45, 7) is 10.6. The van der Waals surface area contributed by atoms with Crippen LogP contribution in [-0.4, -0.2) is 84.3 Å². The third kappa shape index (κ3) is 6.97. The Kier molecular flexibility index (Phi) is 9.83. The van der Waals surface area contributed by atoms with Crippen molar-refractivity contribution in [2.45, 2.75) is 65.5 Å². The van der Waals surface area contributed by atoms with E-state index in [-0.39, 0.29) is 36.2 Å². The van der Waals surface area contributed by atoms with E-state index in [1.54, 1.807) is 0 Å². The molecule has 1 saturated carbocycles. The van der Waals surface area contributed by atoms with Crippen molar-refractivity contribution in [2.75, 3.05) is 50.8 Å². The molecule has 2 aromatic rings. The number of nitrogens with zero attached hydrogens (tertiary/aromatic N) is 4. The molecule has 1 saturated heterocycles. The second-order valence-corrected chi connectivity index (χ2v) is 12.4. The molecule has 0 bridgehead atoms. The average Bonchev–Trinajstić information content (AvgIpc) is 3.49. The summed E-state index contributed by atoms with van der Waals surface area (Å²) in [5.74, 6) is 0.875. The first-order valence-electron chi connectivity index (χ1n) is 15.7. The van der Waals surface area contributed by atoms with Gasteiger partial charge in [-0.1, -0.05) is 49.2 Å². The van der Waals surface area contributed by atoms with E-state index in [0.717, 1.165) is 62.0 Å². The van der Waals surface area contributed by atoms with Gasteiger partial charge >= 0.3 is 0 Å². The van der Waals surface area contributed by atoms with Crippen molar-refractivity contribution in [3.8, 4) is 5.75 Å². The third-order valence-corrected chi connectivity index (χ3v) is 9.13. The summed E-state index contributed by atoms with van der Waals surface area (Å²) in [6, 6.07) is 15.8. The minimum absolute atomic E-state index is 0.0543. The van der Waals surface area contributed by atoms with Crippen LogP contribution in [0.15, 0.2) is 48.5 Å². The van der Waals surface area contributed by atoms with Crippen LogP contribution in [-0.2, 0) is 20.9 Å². The molecule has 0 radical (unpaired) electrons. The molecule has 226 valence electrons. The van der Waals surface area contributed by atoms with Crippen LogP contribution in [0.4, 0.5) is 5.69 Å². The van der Waals surface area contributed by atoms with Crippen molar-refractivity contribution in [2.24, 2.45) is 11.8 Å². The van der Waals surface area contributed by atoms with Crippen LogP contribution in [0.25, 0.3) is 0 Å². The first-order valence-corrected chi connectivity index (χ1v) is 15.7. The van der Waals surface area contributed by atoms with Gasteiger partial charge in [-0.2, -0.15) is 0 Å². The third-order valence-electron chi connectivity index (χ3n) is 9.13. The van der Waals surface area contributed by atoms with E-state index in [1.165, 1.54) is 0 Å². The Labute approximate surface area is 250 Å². The van der Waals surface area contributed by atoms with Crippen LogP contribution >= 0.6 is 0 Å². The maximum absolute atomic E-state index is 13.9. The number of ether oxygens (including phenoxy) is 1. The molecule has 5 rings (SSSR count). The summed E-state index contributed by atoms with van der Waals surface area (Å²) in [5, 5.41) is 0. The smallest absolute Gasteiger partial charge is 0.264 e. The van der Waals surface area contributed by atoms with Crippen molar-refractivity contribution >= 4 is 23.4 Å². The zero-order chi connectivity index (χ0) is 29.6. The Morgan fingerprint density at radius 3 is 2.24 bits per heavy atom. The molecule has 42 heavy (non-hydrogen) atoms. The Morgan fingerprint density at radius 2 is 1.52 bits per heavy atom. The molecule has 0 N–H and O–H groups in total. The summed E-state index contributed by atoms with van der Waals surface area (Å²) in [5.41, 5.74) is 2.85. The normalized spacial score (nSPS) is 19.3. The minimum Gasteiger partial charge on any atom is -0.484 e. The lowest BCUT2D eigenvalue weighted by atomic mass is 9.94. The molecular formula is C34H46N4O4. The zero-order valence-corrected chi connectivity index (χ0v) is 25.5. The van der Waals surface area contributed by atoms with Gasteiger partial charge in [0.25, 0.3) is 5.91 Å². The van der Waals surface area contributed by atoms with Gasteiger partial charge in [0.1, 0.15) is 5.75 Å². The Morgan fingerprint density at radius 1 is 0.810 bits per heavy atom. The number of rotatable bonds is 6. The van der Waals surface area contributed by atoms with Gasteiger partial charge in [0.2, 0.25) is 11.8 Å². The molecule has 3 aliphatic rings. The average molecular weight is 575 g/mol. The maximum Gasteiger partial charge on any atom is 0.264 e. The highest BCUT2D eigenvalue weighted by molar-refractivity contribution is 5.96. The van der Waals surface area contributed by atoms with E-state index in [9.17, 15) is 14.4 Å². The topological polar surface area (TPSA) is 73.4 Å². The molecule has 2 aliphatic heterocycles. The number of benzene rings is 2. The van der Waals surface area contributed by atoms with Gasteiger partial charge in [0, 0.05) is 57.8 Å². The van der Waals surface area contributed by atoms with E-state index in [2.05, 4.69) is 18.7 Å². The molecule has 0 unspecified atom stereocenters. The van der Waals surface area contributed by atoms with Crippen molar-refractivity contribution in [3.05, 3.63) is 59.7 Å². The highest BCUT2D eigenvalue weighted by atomic mass is 16.5. The zero-order valence-electron chi connectivity index (χ0n) is 25.5. The number of amides is 3. The Balaban J connectivity index is 1.36.